The minimum Gasteiger partial charge on any atom is -0.726 e. The van der Waals surface area contributed by atoms with Gasteiger partial charge in [-0.2, -0.15) is 0 Å². The zero-order valence-electron chi connectivity index (χ0n) is 18.9. The molecule has 8 unspecified atom stereocenters. The molecule has 26 heteroatoms. The van der Waals surface area contributed by atoms with Crippen LogP contribution in [0.2, 0.25) is 0 Å². The highest BCUT2D eigenvalue weighted by Crippen LogP contribution is 2.33. The minimum atomic E-state index is -5.82. The number of carboxylic acids is 1. The Kier molecular flexibility index (Phi) is 11.1. The van der Waals surface area contributed by atoms with Crippen molar-refractivity contribution in [3.8, 4) is 0 Å². The lowest BCUT2D eigenvalue weighted by Crippen LogP contribution is -2.64. The third-order valence-corrected chi connectivity index (χ3v) is 6.64. The first-order valence-corrected chi connectivity index (χ1v) is 15.1. The second-order valence-electron chi connectivity index (χ2n) is 7.48. The van der Waals surface area contributed by atoms with E-state index >= 15 is 0 Å². The van der Waals surface area contributed by atoms with Crippen LogP contribution in [0.1, 0.15) is 6.42 Å². The number of hydrogen-bond acceptors (Lipinski definition) is 22. The van der Waals surface area contributed by atoms with Crippen LogP contribution in [0.3, 0.4) is 0 Å². The molecule has 22 nitrogen and oxygen atoms in total. The molecule has 2 aliphatic rings. The zero-order valence-corrected chi connectivity index (χ0v) is 22.1. The van der Waals surface area contributed by atoms with Crippen LogP contribution in [-0.4, -0.2) is 127 Å². The van der Waals surface area contributed by atoms with Crippen molar-refractivity contribution in [3.05, 3.63) is 0 Å². The van der Waals surface area contributed by atoms with Crippen LogP contribution in [0, 0.1) is 0 Å². The van der Waals surface area contributed by atoms with Gasteiger partial charge in [0.05, 0.1) is 25.3 Å². The molecule has 0 spiro atoms. The van der Waals surface area contributed by atoms with E-state index < -0.39 is 116 Å². The number of hydrogen-bond donors (Lipinski definition) is 0. The molecule has 0 aromatic carbocycles. The average molecular weight is 654 g/mol. The number of carbonyl (C=O) groups is 1. The van der Waals surface area contributed by atoms with Crippen LogP contribution < -0.4 is 5.11 Å². The summed E-state index contributed by atoms with van der Waals surface area (Å²) in [5.74, 6) is -2.08. The Labute approximate surface area is 220 Å². The van der Waals surface area contributed by atoms with Gasteiger partial charge in [0, 0.05) is 13.5 Å². The lowest BCUT2D eigenvalue weighted by molar-refractivity contribution is -0.345. The van der Waals surface area contributed by atoms with Gasteiger partial charge >= 0.3 is 0 Å². The largest absolute Gasteiger partial charge is 0.726 e. The molecule has 0 aromatic heterocycles. The molecule has 0 aliphatic carbocycles. The smallest absolute Gasteiger partial charge is 0.218 e. The van der Waals surface area contributed by atoms with E-state index in [1.165, 1.54) is 0 Å². The van der Waals surface area contributed by atoms with Crippen LogP contribution in [-0.2, 0) is 82.1 Å². The van der Waals surface area contributed by atoms with Crippen molar-refractivity contribution in [2.24, 2.45) is 0 Å². The third-order valence-electron chi connectivity index (χ3n) is 4.79. The van der Waals surface area contributed by atoms with Crippen molar-refractivity contribution in [2.45, 2.75) is 55.4 Å². The second kappa shape index (κ2) is 12.8. The van der Waals surface area contributed by atoms with Gasteiger partial charge in [-0.1, -0.05) is 0 Å². The Morgan fingerprint density at radius 1 is 0.795 bits per heavy atom. The van der Waals surface area contributed by atoms with Gasteiger partial charge in [0.25, 0.3) is 0 Å². The zero-order chi connectivity index (χ0) is 30.0. The van der Waals surface area contributed by atoms with Crippen LogP contribution in [0.4, 0.5) is 0 Å². The molecule has 2 heterocycles. The number of ether oxygens (including phenoxy) is 4. The lowest BCUT2D eigenvalue weighted by Gasteiger charge is -2.46. The topological polar surface area (TPSA) is 343 Å². The van der Waals surface area contributed by atoms with Crippen molar-refractivity contribution < 1.29 is 97.5 Å². The summed E-state index contributed by atoms with van der Waals surface area (Å²) in [6, 6.07) is 0. The molecule has 0 N–H and O–H groups in total. The van der Waals surface area contributed by atoms with E-state index in [2.05, 4.69) is 16.7 Å². The number of methoxy groups -OCH3 is 1. The normalized spacial score (nSPS) is 33.1. The summed E-state index contributed by atoms with van der Waals surface area (Å²) >= 11 is 0. The molecule has 0 bridgehead atoms. The number of carboxylic acid groups (broad SMARTS) is 1. The lowest BCUT2D eigenvalue weighted by atomic mass is 9.98. The number of carbonyl (C=O) groups excluding carboxylic acids is 1. The molecule has 39 heavy (non-hydrogen) atoms. The number of rotatable bonds is 13. The molecule has 2 saturated heterocycles. The SMILES string of the molecule is COC1C(OS(=O)(=O)[O-])COC(C(=O)[O-])C1OC1OC(COS(=O)(=O)[O-])CC(OS(=O)(=O)[O-])C1OS(=O)(=O)[O-]. The first kappa shape index (κ1) is 34.0. The van der Waals surface area contributed by atoms with Crippen molar-refractivity contribution in [2.75, 3.05) is 20.3 Å². The van der Waals surface area contributed by atoms with Crippen LogP contribution in [0.15, 0.2) is 0 Å². The molecule has 8 atom stereocenters. The fraction of sp³-hybridized carbons (Fsp3) is 0.923. The highest BCUT2D eigenvalue weighted by molar-refractivity contribution is 7.81. The van der Waals surface area contributed by atoms with Gasteiger partial charge in [0.1, 0.15) is 30.5 Å². The molecular formula is C13H17O22S4-5. The highest BCUT2D eigenvalue weighted by atomic mass is 32.3. The van der Waals surface area contributed by atoms with Crippen molar-refractivity contribution in [1.82, 2.24) is 0 Å². The first-order valence-electron chi connectivity index (χ1n) is 9.77. The van der Waals surface area contributed by atoms with Gasteiger partial charge in [-0.25, -0.2) is 33.7 Å². The van der Waals surface area contributed by atoms with E-state index in [0.717, 1.165) is 7.11 Å². The molecule has 230 valence electrons. The Bertz CT molecular complexity index is 1290. The first-order chi connectivity index (χ1) is 17.6. The van der Waals surface area contributed by atoms with Crippen LogP contribution in [0.25, 0.3) is 0 Å². The fourth-order valence-corrected chi connectivity index (χ4v) is 5.32. The van der Waals surface area contributed by atoms with Gasteiger partial charge in [-0.15, -0.1) is 0 Å². The van der Waals surface area contributed by atoms with E-state index in [9.17, 15) is 61.8 Å². The summed E-state index contributed by atoms with van der Waals surface area (Å²) in [6.07, 6.45) is -18.6. The van der Waals surface area contributed by atoms with E-state index in [-0.39, 0.29) is 0 Å². The Balaban J connectivity index is 2.53. The molecular weight excluding hydrogens is 636 g/mol. The molecule has 2 rings (SSSR count). The molecule has 0 aromatic rings. The van der Waals surface area contributed by atoms with Gasteiger partial charge in [0.2, 0.25) is 41.6 Å². The maximum Gasteiger partial charge on any atom is 0.218 e. The standard InChI is InChI=1S/C13H22O22S4/c1-28-8-7(34-38(22,23)24)4-29-11(12(14)15)10(8)32-13-9(35-39(25,26)27)6(33-37(19,20)21)2-5(31-13)3-30-36(16,17)18/h5-11,13H,2-4H2,1H3,(H,14,15)(H,16,17,18)(H,19,20,21)(H,22,23,24)(H,25,26,27)/p-5. The van der Waals surface area contributed by atoms with E-state index in [1.54, 1.807) is 0 Å². The van der Waals surface area contributed by atoms with E-state index in [4.69, 9.17) is 18.9 Å². The van der Waals surface area contributed by atoms with Crippen LogP contribution in [0.5, 0.6) is 0 Å². The molecule has 2 aliphatic heterocycles. The highest BCUT2D eigenvalue weighted by Gasteiger charge is 2.50. The maximum atomic E-state index is 11.6. The van der Waals surface area contributed by atoms with Crippen molar-refractivity contribution in [1.29, 1.82) is 0 Å². The second-order valence-corrected chi connectivity index (χ2v) is 11.6. The molecule has 0 amide bonds. The molecule has 0 saturated carbocycles. The van der Waals surface area contributed by atoms with E-state index in [1.807, 2.05) is 0 Å². The summed E-state index contributed by atoms with van der Waals surface area (Å²) in [7, 11) is -21.6. The van der Waals surface area contributed by atoms with Gasteiger partial charge in [0.15, 0.2) is 12.4 Å². The average Bonchev–Trinajstić information content (AvgIpc) is 2.71. The summed E-state index contributed by atoms with van der Waals surface area (Å²) in [6.45, 7) is -2.18. The summed E-state index contributed by atoms with van der Waals surface area (Å²) in [5, 5.41) is 11.6. The van der Waals surface area contributed by atoms with E-state index in [0.29, 0.717) is 0 Å². The Hall–Kier alpha value is -1.21. The summed E-state index contributed by atoms with van der Waals surface area (Å²) in [5.41, 5.74) is 0. The Morgan fingerprint density at radius 2 is 1.33 bits per heavy atom. The summed E-state index contributed by atoms with van der Waals surface area (Å²) < 4.78 is 170. The summed E-state index contributed by atoms with van der Waals surface area (Å²) in [4.78, 5) is 11.6. The van der Waals surface area contributed by atoms with Crippen molar-refractivity contribution in [3.63, 3.8) is 0 Å². The third kappa shape index (κ3) is 11.3. The predicted octanol–water partition coefficient (Wildman–Crippen LogP) is -6.34. The number of aliphatic carboxylic acids is 1. The van der Waals surface area contributed by atoms with Gasteiger partial charge in [-0.3, -0.25) is 16.7 Å². The predicted molar refractivity (Wildman–Crippen MR) is 103 cm³/mol. The molecule has 0 radical (unpaired) electrons. The minimum absolute atomic E-state index is 0.829. The Morgan fingerprint density at radius 3 is 1.79 bits per heavy atom. The monoisotopic (exact) mass is 653 g/mol. The molecule has 2 fully saturated rings. The van der Waals surface area contributed by atoms with Gasteiger partial charge < -0.3 is 47.1 Å². The quantitative estimate of drug-likeness (QED) is 0.132. The fourth-order valence-electron chi connectivity index (χ4n) is 3.55. The maximum absolute atomic E-state index is 11.6. The van der Waals surface area contributed by atoms with Gasteiger partial charge in [-0.05, 0) is 0 Å². The van der Waals surface area contributed by atoms with Crippen molar-refractivity contribution >= 4 is 47.6 Å². The van der Waals surface area contributed by atoms with Crippen LogP contribution >= 0.6 is 0 Å².